The Hall–Kier alpha value is -3.44. The average molecular weight is 527 g/mol. The molecule has 13 heteroatoms. The van der Waals surface area contributed by atoms with Gasteiger partial charge in [-0.15, -0.1) is 0 Å². The van der Waals surface area contributed by atoms with Crippen molar-refractivity contribution in [1.29, 1.82) is 5.26 Å². The molecule has 2 fully saturated rings. The minimum atomic E-state index is -3.59. The van der Waals surface area contributed by atoms with Crippen LogP contribution in [-0.4, -0.2) is 83.6 Å². The minimum absolute atomic E-state index is 0.0206. The SMILES string of the molecule is CN1CCN(S(=O)(=O)c2ccc(Nc3ncc(F)c(-c4cnc(C#N)n4C4CCOCC4)n3)cc2)CC1. The molecule has 0 spiro atoms. The molecule has 194 valence electrons. The lowest BCUT2D eigenvalue weighted by Crippen LogP contribution is -2.46. The number of nitriles is 1. The second-order valence-electron chi connectivity index (χ2n) is 9.04. The van der Waals surface area contributed by atoms with Crippen molar-refractivity contribution < 1.29 is 17.5 Å². The van der Waals surface area contributed by atoms with Crippen LogP contribution in [0.25, 0.3) is 11.4 Å². The van der Waals surface area contributed by atoms with Crippen molar-refractivity contribution in [3.05, 3.63) is 48.3 Å². The first kappa shape index (κ1) is 25.2. The van der Waals surface area contributed by atoms with Gasteiger partial charge in [-0.05, 0) is 44.2 Å². The maximum atomic E-state index is 14.9. The fourth-order valence-corrected chi connectivity index (χ4v) is 5.98. The van der Waals surface area contributed by atoms with Crippen LogP contribution in [0.1, 0.15) is 24.7 Å². The zero-order valence-corrected chi connectivity index (χ0v) is 21.2. The van der Waals surface area contributed by atoms with Crippen molar-refractivity contribution in [3.8, 4) is 17.5 Å². The smallest absolute Gasteiger partial charge is 0.243 e. The molecule has 0 bridgehead atoms. The monoisotopic (exact) mass is 526 g/mol. The highest BCUT2D eigenvalue weighted by atomic mass is 32.2. The maximum absolute atomic E-state index is 14.9. The Morgan fingerprint density at radius 2 is 1.78 bits per heavy atom. The Bertz CT molecular complexity index is 1410. The summed E-state index contributed by atoms with van der Waals surface area (Å²) >= 11 is 0. The van der Waals surface area contributed by atoms with Gasteiger partial charge in [0.25, 0.3) is 0 Å². The zero-order valence-electron chi connectivity index (χ0n) is 20.3. The molecule has 4 heterocycles. The Labute approximate surface area is 214 Å². The van der Waals surface area contributed by atoms with Gasteiger partial charge in [0.05, 0.1) is 23.0 Å². The lowest BCUT2D eigenvalue weighted by Gasteiger charge is -2.31. The lowest BCUT2D eigenvalue weighted by molar-refractivity contribution is 0.0697. The molecule has 0 radical (unpaired) electrons. The average Bonchev–Trinajstić information content (AvgIpc) is 3.35. The summed E-state index contributed by atoms with van der Waals surface area (Å²) in [6, 6.07) is 8.32. The molecule has 0 amide bonds. The number of anilines is 2. The van der Waals surface area contributed by atoms with E-state index in [0.29, 0.717) is 63.6 Å². The molecular formula is C24H27FN8O3S. The van der Waals surface area contributed by atoms with Crippen molar-refractivity contribution in [3.63, 3.8) is 0 Å². The number of nitrogens with zero attached hydrogens (tertiary/aromatic N) is 7. The molecule has 0 aliphatic carbocycles. The highest BCUT2D eigenvalue weighted by Crippen LogP contribution is 2.31. The van der Waals surface area contributed by atoms with Gasteiger partial charge in [0.15, 0.2) is 5.82 Å². The third kappa shape index (κ3) is 5.19. The summed E-state index contributed by atoms with van der Waals surface area (Å²) in [6.45, 7) is 3.37. The van der Waals surface area contributed by atoms with Crippen LogP contribution in [0.2, 0.25) is 0 Å². The second-order valence-corrected chi connectivity index (χ2v) is 11.0. The van der Waals surface area contributed by atoms with Crippen molar-refractivity contribution in [1.82, 2.24) is 28.7 Å². The molecule has 37 heavy (non-hydrogen) atoms. The van der Waals surface area contributed by atoms with Crippen LogP contribution in [0, 0.1) is 17.1 Å². The van der Waals surface area contributed by atoms with E-state index in [4.69, 9.17) is 4.74 Å². The number of imidazole rings is 1. The van der Waals surface area contributed by atoms with Crippen LogP contribution < -0.4 is 5.32 Å². The number of aromatic nitrogens is 4. The fraction of sp³-hybridized carbons (Fsp3) is 0.417. The minimum Gasteiger partial charge on any atom is -0.381 e. The number of hydrogen-bond donors (Lipinski definition) is 1. The number of ether oxygens (including phenoxy) is 1. The van der Waals surface area contributed by atoms with E-state index in [1.54, 1.807) is 16.7 Å². The number of sulfonamides is 1. The molecule has 2 aliphatic heterocycles. The van der Waals surface area contributed by atoms with E-state index < -0.39 is 15.8 Å². The van der Waals surface area contributed by atoms with Crippen molar-refractivity contribution >= 4 is 21.7 Å². The highest BCUT2D eigenvalue weighted by molar-refractivity contribution is 7.89. The first-order valence-corrected chi connectivity index (χ1v) is 13.4. The number of halogens is 1. The van der Waals surface area contributed by atoms with Gasteiger partial charge >= 0.3 is 0 Å². The number of benzene rings is 1. The number of piperazine rings is 1. The number of hydrogen-bond acceptors (Lipinski definition) is 9. The molecule has 3 aromatic rings. The lowest BCUT2D eigenvalue weighted by atomic mass is 10.1. The number of likely N-dealkylation sites (N-methyl/N-ethyl adjacent to an activating group) is 1. The van der Waals surface area contributed by atoms with Crippen molar-refractivity contribution in [2.75, 3.05) is 51.8 Å². The van der Waals surface area contributed by atoms with Crippen molar-refractivity contribution in [2.45, 2.75) is 23.8 Å². The Balaban J connectivity index is 1.38. The van der Waals surface area contributed by atoms with Crippen LogP contribution >= 0.6 is 0 Å². The Morgan fingerprint density at radius 3 is 2.46 bits per heavy atom. The van der Waals surface area contributed by atoms with Gasteiger partial charge < -0.3 is 19.5 Å². The van der Waals surface area contributed by atoms with Gasteiger partial charge in [0, 0.05) is 51.1 Å². The summed E-state index contributed by atoms with van der Waals surface area (Å²) in [4.78, 5) is 14.9. The summed E-state index contributed by atoms with van der Waals surface area (Å²) < 4.78 is 49.4. The van der Waals surface area contributed by atoms with Crippen molar-refractivity contribution in [2.24, 2.45) is 0 Å². The van der Waals surface area contributed by atoms with Gasteiger partial charge in [-0.1, -0.05) is 0 Å². The number of nitrogens with one attached hydrogen (secondary N) is 1. The predicted octanol–water partition coefficient (Wildman–Crippen LogP) is 2.38. The van der Waals surface area contributed by atoms with Gasteiger partial charge in [0.1, 0.15) is 11.8 Å². The quantitative estimate of drug-likeness (QED) is 0.515. The van der Waals surface area contributed by atoms with E-state index in [1.165, 1.54) is 22.6 Å². The highest BCUT2D eigenvalue weighted by Gasteiger charge is 2.28. The summed E-state index contributed by atoms with van der Waals surface area (Å²) in [5, 5.41) is 12.6. The summed E-state index contributed by atoms with van der Waals surface area (Å²) in [7, 11) is -1.62. The van der Waals surface area contributed by atoms with Gasteiger partial charge in [-0.25, -0.2) is 27.8 Å². The van der Waals surface area contributed by atoms with E-state index in [2.05, 4.69) is 31.2 Å². The molecule has 1 aromatic carbocycles. The van der Waals surface area contributed by atoms with Gasteiger partial charge in [-0.3, -0.25) is 0 Å². The van der Waals surface area contributed by atoms with Gasteiger partial charge in [-0.2, -0.15) is 9.57 Å². The first-order valence-electron chi connectivity index (χ1n) is 12.0. The molecule has 0 atom stereocenters. The standard InChI is InChI=1S/C24H27FN8O3S/c1-31-8-10-32(11-9-31)37(34,35)19-4-2-17(3-5-19)29-24-28-15-20(25)23(30-24)21-16-27-22(14-26)33(21)18-6-12-36-13-7-18/h2-5,15-16,18H,6-13H2,1H3,(H,28,29,30). The molecule has 1 N–H and O–H groups in total. The zero-order chi connectivity index (χ0) is 26.0. The largest absolute Gasteiger partial charge is 0.381 e. The molecule has 11 nitrogen and oxygen atoms in total. The second kappa shape index (κ2) is 10.5. The predicted molar refractivity (Wildman–Crippen MR) is 133 cm³/mol. The summed E-state index contributed by atoms with van der Waals surface area (Å²) in [5.41, 5.74) is 0.956. The maximum Gasteiger partial charge on any atom is 0.243 e. The Morgan fingerprint density at radius 1 is 1.08 bits per heavy atom. The molecular weight excluding hydrogens is 499 g/mol. The van der Waals surface area contributed by atoms with E-state index in [0.717, 1.165) is 6.20 Å². The first-order chi connectivity index (χ1) is 17.9. The van der Waals surface area contributed by atoms with Crippen LogP contribution in [0.4, 0.5) is 16.0 Å². The van der Waals surface area contributed by atoms with E-state index >= 15 is 0 Å². The van der Waals surface area contributed by atoms with E-state index in [-0.39, 0.29) is 28.4 Å². The molecule has 2 aliphatic rings. The van der Waals surface area contributed by atoms with Gasteiger partial charge in [0.2, 0.25) is 21.8 Å². The normalized spacial score (nSPS) is 18.0. The Kier molecular flexibility index (Phi) is 7.16. The molecule has 2 aromatic heterocycles. The van der Waals surface area contributed by atoms with Crippen LogP contribution in [0.15, 0.2) is 41.6 Å². The third-order valence-corrected chi connectivity index (χ3v) is 8.56. The van der Waals surface area contributed by atoms with E-state index in [9.17, 15) is 18.1 Å². The third-order valence-electron chi connectivity index (χ3n) is 6.65. The van der Waals surface area contributed by atoms with Crippen LogP contribution in [0.3, 0.4) is 0 Å². The topological polar surface area (TPSA) is 129 Å². The summed E-state index contributed by atoms with van der Waals surface area (Å²) in [6.07, 6.45) is 3.87. The molecule has 0 saturated carbocycles. The number of rotatable bonds is 6. The molecule has 0 unspecified atom stereocenters. The molecule has 2 saturated heterocycles. The van der Waals surface area contributed by atoms with E-state index in [1.807, 2.05) is 7.05 Å². The van der Waals surface area contributed by atoms with Crippen LogP contribution in [-0.2, 0) is 14.8 Å². The molecule has 5 rings (SSSR count). The fourth-order valence-electron chi connectivity index (χ4n) is 4.56. The van der Waals surface area contributed by atoms with Crippen LogP contribution in [0.5, 0.6) is 0 Å². The summed E-state index contributed by atoms with van der Waals surface area (Å²) in [5.74, 6) is -0.326.